The van der Waals surface area contributed by atoms with Crippen LogP contribution in [0.15, 0.2) is 29.3 Å². The Morgan fingerprint density at radius 3 is 2.38 bits per heavy atom. The first-order valence-electron chi connectivity index (χ1n) is 15.6. The van der Waals surface area contributed by atoms with Crippen molar-refractivity contribution in [3.05, 3.63) is 29.8 Å². The number of amides is 3. The Balaban J connectivity index is 1.81. The Kier molecular flexibility index (Phi) is 13.0. The van der Waals surface area contributed by atoms with E-state index in [1.165, 1.54) is 17.0 Å². The molecule has 1 saturated heterocycles. The van der Waals surface area contributed by atoms with Crippen molar-refractivity contribution in [2.24, 2.45) is 28.3 Å². The Bertz CT molecular complexity index is 1200. The molecule has 0 bridgehead atoms. The normalized spacial score (nSPS) is 23.0. The molecule has 0 radical (unpaired) electrons. The summed E-state index contributed by atoms with van der Waals surface area (Å²) in [4.78, 5) is 58.1. The monoisotopic (exact) mass is 632 g/mol. The molecule has 1 heterocycles. The minimum atomic E-state index is -1.46. The number of nitrogens with one attached hydrogen (secondary N) is 2. The zero-order valence-electron chi connectivity index (χ0n) is 26.0. The number of carbonyl (C=O) groups is 4. The maximum absolute atomic E-state index is 14.3. The number of hydrogen-bond donors (Lipinski definition) is 8. The Labute approximate surface area is 263 Å². The molecule has 14 nitrogen and oxygen atoms in total. The average molecular weight is 633 g/mol. The van der Waals surface area contributed by atoms with Gasteiger partial charge in [0.15, 0.2) is 5.96 Å². The number of fused-ring (bicyclic) bond motifs is 1. The van der Waals surface area contributed by atoms with Crippen LogP contribution in [0.1, 0.15) is 70.8 Å². The second kappa shape index (κ2) is 16.4. The van der Waals surface area contributed by atoms with Gasteiger partial charge in [0.05, 0.1) is 12.5 Å². The fourth-order valence-electron chi connectivity index (χ4n) is 6.35. The van der Waals surface area contributed by atoms with Crippen LogP contribution in [0.25, 0.3) is 0 Å². The number of likely N-dealkylation sites (tertiary alicyclic amines) is 1. The van der Waals surface area contributed by atoms with Crippen molar-refractivity contribution in [3.63, 3.8) is 0 Å². The van der Waals surface area contributed by atoms with Gasteiger partial charge in [0.2, 0.25) is 17.7 Å². The lowest BCUT2D eigenvalue weighted by Crippen LogP contribution is -2.58. The molecule has 14 heteroatoms. The number of nitrogens with zero attached hydrogens (tertiary/aromatic N) is 2. The molecule has 2 aliphatic rings. The number of carbonyl (C=O) groups excluding carboxylic acids is 3. The highest BCUT2D eigenvalue weighted by Crippen LogP contribution is 2.40. The van der Waals surface area contributed by atoms with Gasteiger partial charge in [-0.15, -0.1) is 0 Å². The van der Waals surface area contributed by atoms with Crippen LogP contribution >= 0.6 is 0 Å². The lowest BCUT2D eigenvalue weighted by Gasteiger charge is -2.38. The number of aliphatic imine (C=N–C) groups is 1. The van der Waals surface area contributed by atoms with Crippen molar-refractivity contribution < 1.29 is 39.6 Å². The van der Waals surface area contributed by atoms with Crippen molar-refractivity contribution in [1.82, 2.24) is 15.5 Å². The number of benzene rings is 1. The summed E-state index contributed by atoms with van der Waals surface area (Å²) in [7, 11) is 0. The molecule has 0 aromatic heterocycles. The minimum absolute atomic E-state index is 0.0266. The highest BCUT2D eigenvalue weighted by molar-refractivity contribution is 5.94. The molecule has 1 aromatic rings. The first-order chi connectivity index (χ1) is 21.2. The number of rotatable bonds is 15. The van der Waals surface area contributed by atoms with Gasteiger partial charge in [-0.25, -0.2) is 0 Å². The Morgan fingerprint density at radius 1 is 1.07 bits per heavy atom. The molecule has 7 atom stereocenters. The Morgan fingerprint density at radius 2 is 1.76 bits per heavy atom. The summed E-state index contributed by atoms with van der Waals surface area (Å²) < 4.78 is 0. The van der Waals surface area contributed by atoms with Gasteiger partial charge in [0, 0.05) is 25.0 Å². The number of phenols is 1. The van der Waals surface area contributed by atoms with E-state index in [-0.39, 0.29) is 55.8 Å². The van der Waals surface area contributed by atoms with E-state index in [0.29, 0.717) is 37.7 Å². The van der Waals surface area contributed by atoms with Gasteiger partial charge in [0.1, 0.15) is 23.9 Å². The third-order valence-electron chi connectivity index (χ3n) is 8.47. The van der Waals surface area contributed by atoms with Crippen molar-refractivity contribution in [2.75, 3.05) is 6.54 Å². The fraction of sp³-hybridized carbons (Fsp3) is 0.645. The molecule has 45 heavy (non-hydrogen) atoms. The number of carboxylic acid groups (broad SMARTS) is 1. The van der Waals surface area contributed by atoms with E-state index in [1.54, 1.807) is 12.1 Å². The van der Waals surface area contributed by atoms with Crippen molar-refractivity contribution in [1.29, 1.82) is 0 Å². The third kappa shape index (κ3) is 10.6. The highest BCUT2D eigenvalue weighted by Gasteiger charge is 2.50. The summed E-state index contributed by atoms with van der Waals surface area (Å²) in [5.74, 6) is -2.94. The van der Waals surface area contributed by atoms with Gasteiger partial charge in [-0.2, -0.15) is 0 Å². The molecule has 3 rings (SSSR count). The molecular formula is C31H48N6O8. The standard InChI is InChI=1S/C31H48N6O8/c1-17(2)12-23(36-29(44)26(40)13-18-5-8-21(38)9-6-18)30(45)37-24-16-22(39)10-7-19(24)14-25(37)28(43)35-20(15-27(41)42)4-3-11-34-31(32)33/h5-6,8-9,17,19-20,22-26,38-40H,3-4,7,10-16H2,1-2H3,(H,35,43)(H,36,44)(H,41,42)(H4,32,33,34)/t19-,20-,22+,23+,24-,25-,26-/m0/s1. The predicted molar refractivity (Wildman–Crippen MR) is 166 cm³/mol. The van der Waals surface area contributed by atoms with Crippen LogP contribution in [0.5, 0.6) is 5.75 Å². The van der Waals surface area contributed by atoms with Gasteiger partial charge in [-0.05, 0) is 74.5 Å². The van der Waals surface area contributed by atoms with E-state index in [9.17, 15) is 39.6 Å². The quantitative estimate of drug-likeness (QED) is 0.0729. The number of aliphatic carboxylic acids is 1. The van der Waals surface area contributed by atoms with Gasteiger partial charge < -0.3 is 47.4 Å². The minimum Gasteiger partial charge on any atom is -0.508 e. The van der Waals surface area contributed by atoms with E-state index < -0.39 is 60.1 Å². The van der Waals surface area contributed by atoms with E-state index in [1.807, 2.05) is 13.8 Å². The first-order valence-corrected chi connectivity index (χ1v) is 15.6. The lowest BCUT2D eigenvalue weighted by atomic mass is 9.83. The SMILES string of the molecule is CC(C)C[C@@H](NC(=O)[C@@H](O)Cc1ccc(O)cc1)C(=O)N1[C@H](C(=O)N[C@@H](CCCN=C(N)N)CC(=O)O)C[C@@H]2CC[C@@H](O)C[C@@H]21. The predicted octanol–water partition coefficient (Wildman–Crippen LogP) is -0.0299. The molecule has 1 aliphatic heterocycles. The molecule has 0 spiro atoms. The Hall–Kier alpha value is -3.91. The lowest BCUT2D eigenvalue weighted by molar-refractivity contribution is -0.146. The van der Waals surface area contributed by atoms with Crippen LogP contribution in [0.2, 0.25) is 0 Å². The third-order valence-corrected chi connectivity index (χ3v) is 8.47. The first kappa shape index (κ1) is 35.6. The van der Waals surface area contributed by atoms with Crippen molar-refractivity contribution in [2.45, 2.75) is 108 Å². The van der Waals surface area contributed by atoms with Gasteiger partial charge in [-0.3, -0.25) is 24.2 Å². The summed E-state index contributed by atoms with van der Waals surface area (Å²) in [5, 5.41) is 45.6. The zero-order chi connectivity index (χ0) is 33.3. The van der Waals surface area contributed by atoms with Gasteiger partial charge in [-0.1, -0.05) is 26.0 Å². The van der Waals surface area contributed by atoms with Crippen molar-refractivity contribution >= 4 is 29.7 Å². The average Bonchev–Trinajstić information content (AvgIpc) is 3.33. The van der Waals surface area contributed by atoms with Crippen LogP contribution < -0.4 is 22.1 Å². The van der Waals surface area contributed by atoms with Crippen molar-refractivity contribution in [3.8, 4) is 5.75 Å². The van der Waals surface area contributed by atoms with Gasteiger partial charge in [0.25, 0.3) is 0 Å². The summed E-state index contributed by atoms with van der Waals surface area (Å²) in [6, 6.07) is 2.93. The van der Waals surface area contributed by atoms with Crippen LogP contribution in [-0.2, 0) is 25.6 Å². The summed E-state index contributed by atoms with van der Waals surface area (Å²) >= 11 is 0. The smallest absolute Gasteiger partial charge is 0.305 e. The highest BCUT2D eigenvalue weighted by atomic mass is 16.4. The molecule has 3 amide bonds. The number of hydrogen-bond acceptors (Lipinski definition) is 8. The summed E-state index contributed by atoms with van der Waals surface area (Å²) in [6.07, 6.45) is 0.272. The number of aromatic hydroxyl groups is 1. The molecule has 1 aliphatic carbocycles. The zero-order valence-corrected chi connectivity index (χ0v) is 26.0. The van der Waals surface area contributed by atoms with E-state index >= 15 is 0 Å². The maximum Gasteiger partial charge on any atom is 0.305 e. The number of phenolic OH excluding ortho intramolecular Hbond substituents is 1. The number of aliphatic hydroxyl groups is 2. The maximum atomic E-state index is 14.3. The molecule has 250 valence electrons. The molecule has 10 N–H and O–H groups in total. The van der Waals surface area contributed by atoms with Gasteiger partial charge >= 0.3 is 5.97 Å². The topological polar surface area (TPSA) is 241 Å². The van der Waals surface area contributed by atoms with E-state index in [4.69, 9.17) is 11.5 Å². The second-order valence-corrected chi connectivity index (χ2v) is 12.6. The summed E-state index contributed by atoms with van der Waals surface area (Å²) in [6.45, 7) is 4.04. The van der Waals surface area contributed by atoms with Crippen LogP contribution in [0.4, 0.5) is 0 Å². The van der Waals surface area contributed by atoms with Crippen LogP contribution in [0.3, 0.4) is 0 Å². The summed E-state index contributed by atoms with van der Waals surface area (Å²) in [5.41, 5.74) is 11.3. The van der Waals surface area contributed by atoms with Crippen LogP contribution in [-0.4, -0.2) is 97.9 Å². The van der Waals surface area contributed by atoms with E-state index in [0.717, 1.165) is 0 Å². The molecule has 1 aromatic carbocycles. The largest absolute Gasteiger partial charge is 0.508 e. The van der Waals surface area contributed by atoms with Crippen LogP contribution in [0, 0.1) is 11.8 Å². The molecule has 0 unspecified atom stereocenters. The number of carboxylic acids is 1. The second-order valence-electron chi connectivity index (χ2n) is 12.6. The molecule has 2 fully saturated rings. The molecule has 1 saturated carbocycles. The number of aliphatic hydroxyl groups excluding tert-OH is 2. The number of nitrogens with two attached hydrogens (primary N) is 2. The number of guanidine groups is 1. The molecular weight excluding hydrogens is 584 g/mol. The fourth-order valence-corrected chi connectivity index (χ4v) is 6.35. The van der Waals surface area contributed by atoms with E-state index in [2.05, 4.69) is 15.6 Å².